The minimum Gasteiger partial charge on any atom is -0.496 e. The van der Waals surface area contributed by atoms with E-state index in [1.807, 2.05) is 18.2 Å². The number of fused-ring (bicyclic) bond motifs is 1. The molecule has 5 nitrogen and oxygen atoms in total. The molecule has 0 saturated carbocycles. The lowest BCUT2D eigenvalue weighted by Crippen LogP contribution is -2.24. The number of benzene rings is 1. The number of carbonyl (C=O) groups excluding carboxylic acids is 1. The van der Waals surface area contributed by atoms with Crippen molar-refractivity contribution < 1.29 is 22.7 Å². The predicted molar refractivity (Wildman–Crippen MR) is 96.0 cm³/mol. The monoisotopic (exact) mass is 385 g/mol. The Bertz CT molecular complexity index is 1050. The van der Waals surface area contributed by atoms with Crippen LogP contribution in [0.25, 0.3) is 11.3 Å². The summed E-state index contributed by atoms with van der Waals surface area (Å²) in [6, 6.07) is 11.0. The third-order valence-corrected chi connectivity index (χ3v) is 4.56. The second-order valence-corrected chi connectivity index (χ2v) is 6.18. The molecule has 1 aromatic carbocycles. The Morgan fingerprint density at radius 2 is 1.82 bits per heavy atom. The topological polar surface area (TPSA) is 55.3 Å². The SMILES string of the molecule is COc1ccccc1-c1nccc2c1CN(c1ccc(C(F)(F)F)cn1)C2=O. The van der Waals surface area contributed by atoms with Gasteiger partial charge in [-0.15, -0.1) is 0 Å². The standard InChI is InChI=1S/C20H14F3N3O2/c1-28-16-5-3-2-4-14(16)18-15-11-26(19(27)13(15)8-9-24-18)17-7-6-12(10-25-17)20(21,22)23/h2-10H,11H2,1H3. The van der Waals surface area contributed by atoms with Crippen LogP contribution in [-0.2, 0) is 12.7 Å². The van der Waals surface area contributed by atoms with Gasteiger partial charge in [0.25, 0.3) is 5.91 Å². The first-order valence-corrected chi connectivity index (χ1v) is 8.36. The van der Waals surface area contributed by atoms with E-state index in [1.165, 1.54) is 17.2 Å². The summed E-state index contributed by atoms with van der Waals surface area (Å²) < 4.78 is 43.7. The van der Waals surface area contributed by atoms with Crippen LogP contribution in [0.2, 0.25) is 0 Å². The minimum atomic E-state index is -4.48. The Hall–Kier alpha value is -3.42. The predicted octanol–water partition coefficient (Wildman–Crippen LogP) is 4.33. The Morgan fingerprint density at radius 1 is 1.04 bits per heavy atom. The summed E-state index contributed by atoms with van der Waals surface area (Å²) >= 11 is 0. The third-order valence-electron chi connectivity index (χ3n) is 4.56. The molecule has 4 rings (SSSR count). The number of alkyl halides is 3. The summed E-state index contributed by atoms with van der Waals surface area (Å²) in [6.07, 6.45) is -2.22. The molecule has 0 fully saturated rings. The van der Waals surface area contributed by atoms with Crippen LogP contribution in [0.15, 0.2) is 54.9 Å². The number of nitrogens with zero attached hydrogens (tertiary/aromatic N) is 3. The number of hydrogen-bond donors (Lipinski definition) is 0. The molecule has 0 saturated heterocycles. The van der Waals surface area contributed by atoms with Gasteiger partial charge in [-0.05, 0) is 30.3 Å². The molecule has 0 unspecified atom stereocenters. The molecule has 0 bridgehead atoms. The van der Waals surface area contributed by atoms with Crippen LogP contribution in [0.5, 0.6) is 5.75 Å². The van der Waals surface area contributed by atoms with Crippen molar-refractivity contribution in [3.05, 3.63) is 71.5 Å². The van der Waals surface area contributed by atoms with Crippen molar-refractivity contribution in [1.29, 1.82) is 0 Å². The van der Waals surface area contributed by atoms with E-state index in [4.69, 9.17) is 4.74 Å². The van der Waals surface area contributed by atoms with Crippen LogP contribution < -0.4 is 9.64 Å². The quantitative estimate of drug-likeness (QED) is 0.673. The summed E-state index contributed by atoms with van der Waals surface area (Å²) in [5.41, 5.74) is 1.59. The van der Waals surface area contributed by atoms with Crippen molar-refractivity contribution in [3.63, 3.8) is 0 Å². The number of ether oxygens (including phenoxy) is 1. The van der Waals surface area contributed by atoms with Crippen LogP contribution in [0.3, 0.4) is 0 Å². The first-order valence-electron chi connectivity index (χ1n) is 8.36. The molecule has 1 aliphatic heterocycles. The van der Waals surface area contributed by atoms with E-state index < -0.39 is 11.7 Å². The molecule has 0 N–H and O–H groups in total. The van der Waals surface area contributed by atoms with Crippen LogP contribution in [0, 0.1) is 0 Å². The third kappa shape index (κ3) is 2.96. The second kappa shape index (κ2) is 6.63. The van der Waals surface area contributed by atoms with Crippen molar-refractivity contribution in [3.8, 4) is 17.0 Å². The molecule has 1 aliphatic rings. The molecule has 0 atom stereocenters. The lowest BCUT2D eigenvalue weighted by Gasteiger charge is -2.15. The molecule has 142 valence electrons. The fourth-order valence-electron chi connectivity index (χ4n) is 3.20. The first-order chi connectivity index (χ1) is 13.4. The number of anilines is 1. The van der Waals surface area contributed by atoms with Gasteiger partial charge in [-0.2, -0.15) is 13.2 Å². The maximum absolute atomic E-state index is 12.8. The number of aromatic nitrogens is 2. The van der Waals surface area contributed by atoms with E-state index in [9.17, 15) is 18.0 Å². The van der Waals surface area contributed by atoms with Gasteiger partial charge in [-0.1, -0.05) is 12.1 Å². The van der Waals surface area contributed by atoms with Gasteiger partial charge in [0.15, 0.2) is 0 Å². The van der Waals surface area contributed by atoms with Crippen LogP contribution in [-0.4, -0.2) is 23.0 Å². The molecule has 3 aromatic rings. The highest BCUT2D eigenvalue weighted by Gasteiger charge is 2.34. The second-order valence-electron chi connectivity index (χ2n) is 6.18. The Morgan fingerprint density at radius 3 is 2.50 bits per heavy atom. The average molecular weight is 385 g/mol. The number of halogens is 3. The van der Waals surface area contributed by atoms with Crippen molar-refractivity contribution in [2.24, 2.45) is 0 Å². The highest BCUT2D eigenvalue weighted by atomic mass is 19.4. The number of methoxy groups -OCH3 is 1. The zero-order valence-corrected chi connectivity index (χ0v) is 14.7. The van der Waals surface area contributed by atoms with Gasteiger partial charge in [0.2, 0.25) is 0 Å². The molecule has 28 heavy (non-hydrogen) atoms. The number of pyridine rings is 2. The molecular weight excluding hydrogens is 371 g/mol. The van der Waals surface area contributed by atoms with E-state index in [-0.39, 0.29) is 18.3 Å². The lowest BCUT2D eigenvalue weighted by molar-refractivity contribution is -0.137. The Balaban J connectivity index is 1.73. The lowest BCUT2D eigenvalue weighted by atomic mass is 10.0. The summed E-state index contributed by atoms with van der Waals surface area (Å²) in [6.45, 7) is 0.160. The molecule has 1 amide bonds. The van der Waals surface area contributed by atoms with Gasteiger partial charge in [0.1, 0.15) is 11.6 Å². The fraction of sp³-hybridized carbons (Fsp3) is 0.150. The number of carbonyl (C=O) groups is 1. The largest absolute Gasteiger partial charge is 0.496 e. The molecule has 8 heteroatoms. The summed E-state index contributed by atoms with van der Waals surface area (Å²) in [7, 11) is 1.55. The fourth-order valence-corrected chi connectivity index (χ4v) is 3.20. The van der Waals surface area contributed by atoms with Crippen molar-refractivity contribution in [2.45, 2.75) is 12.7 Å². The Kier molecular flexibility index (Phi) is 4.26. The van der Waals surface area contributed by atoms with E-state index in [0.717, 1.165) is 17.8 Å². The number of rotatable bonds is 3. The molecular formula is C20H14F3N3O2. The van der Waals surface area contributed by atoms with Gasteiger partial charge in [0, 0.05) is 29.1 Å². The van der Waals surface area contributed by atoms with E-state index in [0.29, 0.717) is 22.6 Å². The van der Waals surface area contributed by atoms with E-state index in [1.54, 1.807) is 19.2 Å². The molecule has 2 aromatic heterocycles. The van der Waals surface area contributed by atoms with E-state index >= 15 is 0 Å². The first kappa shape index (κ1) is 18.0. The summed E-state index contributed by atoms with van der Waals surface area (Å²) in [4.78, 5) is 22.4. The van der Waals surface area contributed by atoms with Gasteiger partial charge < -0.3 is 4.74 Å². The summed E-state index contributed by atoms with van der Waals surface area (Å²) in [5.74, 6) is 0.433. The highest BCUT2D eigenvalue weighted by Crippen LogP contribution is 2.37. The normalized spacial score (nSPS) is 13.6. The zero-order chi connectivity index (χ0) is 19.9. The number of para-hydroxylation sites is 1. The summed E-state index contributed by atoms with van der Waals surface area (Å²) in [5, 5.41) is 0. The average Bonchev–Trinajstić information content (AvgIpc) is 3.04. The maximum atomic E-state index is 12.8. The molecule has 3 heterocycles. The Labute approximate surface area is 158 Å². The number of hydrogen-bond acceptors (Lipinski definition) is 4. The van der Waals surface area contributed by atoms with Crippen LogP contribution in [0.4, 0.5) is 19.0 Å². The van der Waals surface area contributed by atoms with Crippen molar-refractivity contribution in [2.75, 3.05) is 12.0 Å². The maximum Gasteiger partial charge on any atom is 0.417 e. The van der Waals surface area contributed by atoms with Gasteiger partial charge in [-0.3, -0.25) is 14.7 Å². The van der Waals surface area contributed by atoms with Crippen LogP contribution in [0.1, 0.15) is 21.5 Å². The molecule has 0 spiro atoms. The highest BCUT2D eigenvalue weighted by molar-refractivity contribution is 6.10. The van der Waals surface area contributed by atoms with Gasteiger partial charge >= 0.3 is 6.18 Å². The van der Waals surface area contributed by atoms with E-state index in [2.05, 4.69) is 9.97 Å². The smallest absolute Gasteiger partial charge is 0.417 e. The molecule has 0 aliphatic carbocycles. The van der Waals surface area contributed by atoms with Gasteiger partial charge in [0.05, 0.1) is 24.9 Å². The van der Waals surface area contributed by atoms with Crippen molar-refractivity contribution in [1.82, 2.24) is 9.97 Å². The van der Waals surface area contributed by atoms with Gasteiger partial charge in [-0.25, -0.2) is 4.98 Å². The number of amides is 1. The minimum absolute atomic E-state index is 0.153. The zero-order valence-electron chi connectivity index (χ0n) is 14.7. The van der Waals surface area contributed by atoms with Crippen molar-refractivity contribution >= 4 is 11.7 Å². The van der Waals surface area contributed by atoms with Crippen LogP contribution >= 0.6 is 0 Å². The molecule has 0 radical (unpaired) electrons.